The molecule has 1 amide bonds. The van der Waals surface area contributed by atoms with E-state index in [1.807, 2.05) is 24.3 Å². The Hall–Kier alpha value is -1.88. The lowest BCUT2D eigenvalue weighted by Gasteiger charge is -2.13. The molecule has 1 N–H and O–H groups in total. The molecular weight excluding hydrogens is 280 g/mol. The Kier molecular flexibility index (Phi) is 3.44. The Bertz CT molecular complexity index is 675. The van der Waals surface area contributed by atoms with Crippen LogP contribution in [-0.4, -0.2) is 5.91 Å². The van der Waals surface area contributed by atoms with Crippen molar-refractivity contribution in [2.45, 2.75) is 16.6 Å². The molecule has 0 saturated carbocycles. The van der Waals surface area contributed by atoms with Gasteiger partial charge in [0.2, 0.25) is 5.91 Å². The van der Waals surface area contributed by atoms with E-state index in [-0.39, 0.29) is 17.6 Å². The van der Waals surface area contributed by atoms with Crippen molar-refractivity contribution in [1.82, 2.24) is 0 Å². The number of hydrogen-bond acceptors (Lipinski definition) is 2. The number of carbonyl (C=O) groups excluding carboxylic acids is 1. The number of halogens is 2. The third-order valence-corrected chi connectivity index (χ3v) is 4.45. The van der Waals surface area contributed by atoms with Gasteiger partial charge in [0.15, 0.2) is 11.6 Å². The second kappa shape index (κ2) is 5.25. The third-order valence-electron chi connectivity index (χ3n) is 3.12. The first-order valence-electron chi connectivity index (χ1n) is 6.14. The number of hydrogen-bond donors (Lipinski definition) is 1. The Morgan fingerprint density at radius 3 is 2.70 bits per heavy atom. The summed E-state index contributed by atoms with van der Waals surface area (Å²) in [6.07, 6.45) is 0.227. The van der Waals surface area contributed by atoms with Gasteiger partial charge in [0.25, 0.3) is 0 Å². The molecule has 0 fully saturated rings. The standard InChI is InChI=1S/C15H11F2NOS/c16-10-6-5-9(7-11(10)17)14-8-15(19)18-12-3-1-2-4-13(12)20-14/h1-7,14H,8H2,(H,18,19). The Morgan fingerprint density at radius 1 is 1.10 bits per heavy atom. The van der Waals surface area contributed by atoms with Gasteiger partial charge in [0, 0.05) is 16.6 Å². The van der Waals surface area contributed by atoms with Gasteiger partial charge in [-0.2, -0.15) is 0 Å². The van der Waals surface area contributed by atoms with Crippen LogP contribution in [0.5, 0.6) is 0 Å². The fourth-order valence-corrected chi connectivity index (χ4v) is 3.36. The van der Waals surface area contributed by atoms with E-state index >= 15 is 0 Å². The largest absolute Gasteiger partial charge is 0.325 e. The Morgan fingerprint density at radius 2 is 1.90 bits per heavy atom. The van der Waals surface area contributed by atoms with Crippen LogP contribution in [-0.2, 0) is 4.79 Å². The lowest BCUT2D eigenvalue weighted by atomic mass is 10.1. The summed E-state index contributed by atoms with van der Waals surface area (Å²) < 4.78 is 26.3. The summed E-state index contributed by atoms with van der Waals surface area (Å²) >= 11 is 1.48. The smallest absolute Gasteiger partial charge is 0.225 e. The van der Waals surface area contributed by atoms with E-state index in [1.54, 1.807) is 0 Å². The van der Waals surface area contributed by atoms with E-state index in [4.69, 9.17) is 0 Å². The van der Waals surface area contributed by atoms with Crippen LogP contribution in [0.15, 0.2) is 47.4 Å². The molecule has 0 saturated heterocycles. The number of benzene rings is 2. The normalized spacial score (nSPS) is 18.1. The molecule has 0 aromatic heterocycles. The summed E-state index contributed by atoms with van der Waals surface area (Å²) in [4.78, 5) is 12.8. The predicted octanol–water partition coefficient (Wildman–Crippen LogP) is 4.14. The molecule has 1 aliphatic heterocycles. The number of carbonyl (C=O) groups is 1. The number of para-hydroxylation sites is 1. The highest BCUT2D eigenvalue weighted by atomic mass is 32.2. The van der Waals surface area contributed by atoms with Crippen LogP contribution >= 0.6 is 11.8 Å². The lowest BCUT2D eigenvalue weighted by Crippen LogP contribution is -2.12. The molecule has 20 heavy (non-hydrogen) atoms. The molecule has 0 bridgehead atoms. The first-order valence-corrected chi connectivity index (χ1v) is 7.02. The van der Waals surface area contributed by atoms with Gasteiger partial charge in [-0.05, 0) is 29.8 Å². The summed E-state index contributed by atoms with van der Waals surface area (Å²) in [6, 6.07) is 11.2. The molecule has 1 heterocycles. The van der Waals surface area contributed by atoms with Gasteiger partial charge in [-0.25, -0.2) is 8.78 Å². The molecule has 2 nitrogen and oxygen atoms in total. The van der Waals surface area contributed by atoms with E-state index in [0.717, 1.165) is 22.7 Å². The fourth-order valence-electron chi connectivity index (χ4n) is 2.14. The molecule has 1 unspecified atom stereocenters. The summed E-state index contributed by atoms with van der Waals surface area (Å²) in [7, 11) is 0. The third kappa shape index (κ3) is 2.54. The first-order chi connectivity index (χ1) is 9.63. The number of amides is 1. The fraction of sp³-hybridized carbons (Fsp3) is 0.133. The SMILES string of the molecule is O=C1CC(c2ccc(F)c(F)c2)Sc2ccccc2N1. The molecule has 0 spiro atoms. The maximum absolute atomic E-state index is 13.3. The first kappa shape index (κ1) is 13.1. The Balaban J connectivity index is 1.98. The van der Waals surface area contributed by atoms with E-state index in [9.17, 15) is 13.6 Å². The summed E-state index contributed by atoms with van der Waals surface area (Å²) in [5.41, 5.74) is 1.37. The van der Waals surface area contributed by atoms with Gasteiger partial charge in [0.1, 0.15) is 0 Å². The molecule has 3 rings (SSSR count). The number of rotatable bonds is 1. The molecule has 5 heteroatoms. The van der Waals surface area contributed by atoms with E-state index in [2.05, 4.69) is 5.32 Å². The van der Waals surface area contributed by atoms with Crippen molar-refractivity contribution in [1.29, 1.82) is 0 Å². The maximum atomic E-state index is 13.3. The predicted molar refractivity (Wildman–Crippen MR) is 74.6 cm³/mol. The zero-order valence-corrected chi connectivity index (χ0v) is 11.2. The molecule has 1 atom stereocenters. The van der Waals surface area contributed by atoms with Gasteiger partial charge in [-0.3, -0.25) is 4.79 Å². The van der Waals surface area contributed by atoms with Crippen molar-refractivity contribution >= 4 is 23.4 Å². The number of anilines is 1. The van der Waals surface area contributed by atoms with Crippen LogP contribution < -0.4 is 5.32 Å². The van der Waals surface area contributed by atoms with Crippen molar-refractivity contribution in [2.75, 3.05) is 5.32 Å². The average Bonchev–Trinajstić information content (AvgIpc) is 2.59. The van der Waals surface area contributed by atoms with Crippen LogP contribution in [0.4, 0.5) is 14.5 Å². The highest BCUT2D eigenvalue weighted by molar-refractivity contribution is 7.99. The van der Waals surface area contributed by atoms with Crippen LogP contribution in [0.1, 0.15) is 17.2 Å². The maximum Gasteiger partial charge on any atom is 0.225 e. The van der Waals surface area contributed by atoms with Gasteiger partial charge >= 0.3 is 0 Å². The Labute approximate surface area is 119 Å². The van der Waals surface area contributed by atoms with Crippen molar-refractivity contribution in [3.05, 3.63) is 59.7 Å². The van der Waals surface area contributed by atoms with Gasteiger partial charge in [-0.1, -0.05) is 18.2 Å². The van der Waals surface area contributed by atoms with E-state index in [1.165, 1.54) is 17.8 Å². The monoisotopic (exact) mass is 291 g/mol. The van der Waals surface area contributed by atoms with E-state index < -0.39 is 11.6 Å². The summed E-state index contributed by atoms with van der Waals surface area (Å²) in [5.74, 6) is -1.89. The molecule has 1 aliphatic rings. The number of fused-ring (bicyclic) bond motifs is 1. The number of thioether (sulfide) groups is 1. The zero-order chi connectivity index (χ0) is 14.1. The summed E-state index contributed by atoms with van der Waals surface area (Å²) in [5, 5.41) is 2.59. The minimum atomic E-state index is -0.888. The van der Waals surface area contributed by atoms with Crippen LogP contribution in [0.3, 0.4) is 0 Å². The minimum absolute atomic E-state index is 0.128. The highest BCUT2D eigenvalue weighted by Gasteiger charge is 2.24. The van der Waals surface area contributed by atoms with Crippen LogP contribution in [0.25, 0.3) is 0 Å². The molecule has 2 aromatic rings. The van der Waals surface area contributed by atoms with Crippen molar-refractivity contribution in [3.63, 3.8) is 0 Å². The highest BCUT2D eigenvalue weighted by Crippen LogP contribution is 2.43. The van der Waals surface area contributed by atoms with Crippen molar-refractivity contribution in [2.24, 2.45) is 0 Å². The lowest BCUT2D eigenvalue weighted by molar-refractivity contribution is -0.116. The minimum Gasteiger partial charge on any atom is -0.325 e. The molecule has 102 valence electrons. The van der Waals surface area contributed by atoms with Crippen molar-refractivity contribution in [3.8, 4) is 0 Å². The second-order valence-corrected chi connectivity index (χ2v) is 5.77. The average molecular weight is 291 g/mol. The molecular formula is C15H11F2NOS. The number of nitrogens with one attached hydrogen (secondary N) is 1. The molecule has 0 radical (unpaired) electrons. The topological polar surface area (TPSA) is 29.1 Å². The second-order valence-electron chi connectivity index (χ2n) is 4.53. The van der Waals surface area contributed by atoms with Gasteiger partial charge in [0.05, 0.1) is 5.69 Å². The summed E-state index contributed by atoms with van der Waals surface area (Å²) in [6.45, 7) is 0. The molecule has 0 aliphatic carbocycles. The zero-order valence-electron chi connectivity index (χ0n) is 10.4. The molecule has 2 aromatic carbocycles. The van der Waals surface area contributed by atoms with E-state index in [0.29, 0.717) is 5.56 Å². The van der Waals surface area contributed by atoms with Crippen molar-refractivity contribution < 1.29 is 13.6 Å². The quantitative estimate of drug-likeness (QED) is 0.855. The van der Waals surface area contributed by atoms with Crippen LogP contribution in [0, 0.1) is 11.6 Å². The van der Waals surface area contributed by atoms with Gasteiger partial charge < -0.3 is 5.32 Å². The van der Waals surface area contributed by atoms with Gasteiger partial charge in [-0.15, -0.1) is 11.8 Å². The van der Waals surface area contributed by atoms with Crippen LogP contribution in [0.2, 0.25) is 0 Å².